The summed E-state index contributed by atoms with van der Waals surface area (Å²) in [6, 6.07) is 0. The number of nitrogens with two attached hydrogens (primary N) is 3. The smallest absolute Gasteiger partial charge is 0.110 e. The molecule has 3 heterocycles. The Morgan fingerprint density at radius 1 is 0.473 bits per heavy atom. The minimum atomic E-state index is -1.76. The van der Waals surface area contributed by atoms with Gasteiger partial charge in [0.2, 0.25) is 0 Å². The van der Waals surface area contributed by atoms with Crippen molar-refractivity contribution >= 4 is 0 Å². The molecular weight excluding hydrogens is 718 g/mol. The Morgan fingerprint density at radius 2 is 0.818 bits per heavy atom. The van der Waals surface area contributed by atoms with Gasteiger partial charge in [0, 0.05) is 26.1 Å². The zero-order valence-electron chi connectivity index (χ0n) is 36.3. The van der Waals surface area contributed by atoms with Gasteiger partial charge in [-0.1, -0.05) is 6.92 Å². The lowest BCUT2D eigenvalue weighted by Gasteiger charge is -2.68. The normalized spacial score (nSPS) is 54.8. The van der Waals surface area contributed by atoms with Crippen LogP contribution in [-0.4, -0.2) is 171 Å². The molecule has 326 valence electrons. The van der Waals surface area contributed by atoms with E-state index in [0.29, 0.717) is 0 Å². The number of aliphatic hydroxyl groups is 6. The molecule has 3 fully saturated rings. The Balaban J connectivity index is 1.89. The summed E-state index contributed by atoms with van der Waals surface area (Å²) in [5, 5.41) is 68.6. The van der Waals surface area contributed by atoms with Crippen molar-refractivity contribution in [1.29, 1.82) is 0 Å². The SMILES string of the molecule is COC[C@]1(C)OC(C)(CO)[C@@H](COC[C@]2(C)OC(C)(CO)[C@@H](COC[C@]3(C)OC(C)(CO)[C@@](C)(COC)[C@@](C)(O)C3(C)N)[C@@](C)(O)C2(C)N)[C@@](C)(O)C1(C)N. The highest BCUT2D eigenvalue weighted by Gasteiger charge is 2.74. The van der Waals surface area contributed by atoms with Crippen LogP contribution in [-0.2, 0) is 33.2 Å². The number of aliphatic hydroxyl groups excluding tert-OH is 3. The van der Waals surface area contributed by atoms with Crippen molar-refractivity contribution in [2.75, 3.05) is 73.7 Å². The molecule has 0 aromatic rings. The number of methoxy groups -OCH3 is 2. The topological polar surface area (TPSA) is 264 Å². The van der Waals surface area contributed by atoms with E-state index in [1.807, 2.05) is 0 Å². The zero-order chi connectivity index (χ0) is 43.0. The fourth-order valence-electron chi connectivity index (χ4n) is 9.99. The molecule has 0 aliphatic carbocycles. The molecule has 3 aliphatic heterocycles. The highest BCUT2D eigenvalue weighted by atomic mass is 16.6. The first kappa shape index (κ1) is 48.7. The molecule has 3 saturated heterocycles. The summed E-state index contributed by atoms with van der Waals surface area (Å²) < 4.78 is 43.2. The molecule has 0 aromatic heterocycles. The van der Waals surface area contributed by atoms with Crippen LogP contribution in [0.4, 0.5) is 0 Å². The Hall–Kier alpha value is -0.640. The predicted octanol–water partition coefficient (Wildman–Crippen LogP) is -0.424. The van der Waals surface area contributed by atoms with Gasteiger partial charge >= 0.3 is 0 Å². The fraction of sp³-hybridized carbons (Fsp3) is 1.00. The van der Waals surface area contributed by atoms with Crippen molar-refractivity contribution in [1.82, 2.24) is 0 Å². The van der Waals surface area contributed by atoms with Gasteiger partial charge in [-0.05, 0) is 83.1 Å². The van der Waals surface area contributed by atoms with Crippen LogP contribution in [0.3, 0.4) is 0 Å². The first-order valence-corrected chi connectivity index (χ1v) is 19.2. The van der Waals surface area contributed by atoms with Crippen LogP contribution in [0.5, 0.6) is 0 Å². The quantitative estimate of drug-likeness (QED) is 0.102. The second kappa shape index (κ2) is 14.8. The van der Waals surface area contributed by atoms with Crippen molar-refractivity contribution in [3.05, 3.63) is 0 Å². The van der Waals surface area contributed by atoms with E-state index in [2.05, 4.69) is 0 Å². The molecule has 15 atom stereocenters. The molecule has 0 spiro atoms. The zero-order valence-corrected chi connectivity index (χ0v) is 36.3. The summed E-state index contributed by atoms with van der Waals surface area (Å²) >= 11 is 0. The third kappa shape index (κ3) is 6.75. The van der Waals surface area contributed by atoms with Crippen LogP contribution >= 0.6 is 0 Å². The molecule has 0 saturated carbocycles. The van der Waals surface area contributed by atoms with Gasteiger partial charge in [0.15, 0.2) is 0 Å². The maximum atomic E-state index is 12.4. The third-order valence-corrected chi connectivity index (χ3v) is 16.0. The van der Waals surface area contributed by atoms with Crippen molar-refractivity contribution in [3.63, 3.8) is 0 Å². The maximum Gasteiger partial charge on any atom is 0.110 e. The molecule has 16 nitrogen and oxygen atoms in total. The van der Waals surface area contributed by atoms with Crippen molar-refractivity contribution < 1.29 is 63.8 Å². The Kier molecular flexibility index (Phi) is 13.1. The van der Waals surface area contributed by atoms with Crippen molar-refractivity contribution in [2.24, 2.45) is 34.5 Å². The maximum absolute atomic E-state index is 12.4. The molecule has 12 N–H and O–H groups in total. The molecule has 16 heteroatoms. The summed E-state index contributed by atoms with van der Waals surface area (Å²) in [5.41, 5.74) is 2.24. The van der Waals surface area contributed by atoms with E-state index in [4.69, 9.17) is 50.4 Å². The van der Waals surface area contributed by atoms with E-state index in [1.165, 1.54) is 14.2 Å². The third-order valence-electron chi connectivity index (χ3n) is 16.0. The van der Waals surface area contributed by atoms with Crippen LogP contribution in [0.15, 0.2) is 0 Å². The molecule has 0 bridgehead atoms. The van der Waals surface area contributed by atoms with Gasteiger partial charge in [0.05, 0.1) is 115 Å². The monoisotopic (exact) mass is 796 g/mol. The van der Waals surface area contributed by atoms with E-state index < -0.39 is 104 Å². The minimum Gasteiger partial charge on any atom is -0.393 e. The van der Waals surface area contributed by atoms with Crippen molar-refractivity contribution in [3.8, 4) is 0 Å². The highest BCUT2D eigenvalue weighted by Crippen LogP contribution is 2.58. The van der Waals surface area contributed by atoms with Crippen LogP contribution in [0.1, 0.15) is 90.0 Å². The molecule has 3 rings (SSSR count). The Labute approximate surface area is 328 Å². The predicted molar refractivity (Wildman–Crippen MR) is 205 cm³/mol. The highest BCUT2D eigenvalue weighted by molar-refractivity contribution is 5.25. The number of ether oxygens (including phenoxy) is 7. The Bertz CT molecular complexity index is 1360. The van der Waals surface area contributed by atoms with Crippen LogP contribution in [0.25, 0.3) is 0 Å². The van der Waals surface area contributed by atoms with Crippen LogP contribution in [0.2, 0.25) is 0 Å². The van der Waals surface area contributed by atoms with Gasteiger partial charge in [-0.3, -0.25) is 0 Å². The molecular formula is C39H77N3O13. The van der Waals surface area contributed by atoms with E-state index in [0.717, 1.165) is 0 Å². The lowest BCUT2D eigenvalue weighted by Crippen LogP contribution is -2.85. The van der Waals surface area contributed by atoms with Crippen LogP contribution in [0, 0.1) is 17.3 Å². The summed E-state index contributed by atoms with van der Waals surface area (Å²) in [4.78, 5) is 0. The lowest BCUT2D eigenvalue weighted by atomic mass is 9.51. The van der Waals surface area contributed by atoms with E-state index >= 15 is 0 Å². The summed E-state index contributed by atoms with van der Waals surface area (Å²) in [5.74, 6) is -1.76. The summed E-state index contributed by atoms with van der Waals surface area (Å²) in [6.45, 7) is 19.6. The average Bonchev–Trinajstić information content (AvgIpc) is 3.06. The second-order valence-electron chi connectivity index (χ2n) is 19.6. The fourth-order valence-corrected chi connectivity index (χ4v) is 9.99. The van der Waals surface area contributed by atoms with Gasteiger partial charge in [-0.25, -0.2) is 0 Å². The average molecular weight is 796 g/mol. The van der Waals surface area contributed by atoms with Gasteiger partial charge in [0.25, 0.3) is 0 Å². The summed E-state index contributed by atoms with van der Waals surface area (Å²) in [7, 11) is 3.00. The van der Waals surface area contributed by atoms with Crippen molar-refractivity contribution in [2.45, 2.75) is 157 Å². The van der Waals surface area contributed by atoms with E-state index in [-0.39, 0.29) is 39.6 Å². The van der Waals surface area contributed by atoms with Crippen LogP contribution < -0.4 is 17.2 Å². The molecule has 3 aliphatic rings. The Morgan fingerprint density at radius 3 is 1.15 bits per heavy atom. The second-order valence-corrected chi connectivity index (χ2v) is 19.6. The number of hydrogen-bond acceptors (Lipinski definition) is 16. The summed E-state index contributed by atoms with van der Waals surface area (Å²) in [6.07, 6.45) is 0. The number of hydrogen-bond donors (Lipinski definition) is 9. The van der Waals surface area contributed by atoms with Gasteiger partial charge in [0.1, 0.15) is 16.8 Å². The standard InChI is InChI=1S/C39H77N3O13/c1-27(18-43)25(34(8,46)36(10,40)31(5,53-27)22-50-15)16-51-23-32(6)37(11,41)35(9,47)26(28(2,19-44)54-32)17-52-24-33(7)38(12,42)39(13,48)29(3,21-49-14)30(4,20-45)55-33/h25-26,43-48H,16-24,40-42H2,1-15H3/t25-,26-,27?,28?,29-,30?,31+,32+,33+,34-,35-,36?,37?,38?,39-/m1/s1. The van der Waals surface area contributed by atoms with E-state index in [1.54, 1.807) is 90.0 Å². The molecule has 0 amide bonds. The molecule has 0 aromatic carbocycles. The molecule has 6 unspecified atom stereocenters. The van der Waals surface area contributed by atoms with Gasteiger partial charge in [-0.2, -0.15) is 0 Å². The molecule has 55 heavy (non-hydrogen) atoms. The first-order chi connectivity index (χ1) is 24.6. The number of rotatable bonds is 15. The van der Waals surface area contributed by atoms with E-state index in [9.17, 15) is 30.6 Å². The van der Waals surface area contributed by atoms with Gasteiger partial charge in [-0.15, -0.1) is 0 Å². The minimum absolute atomic E-state index is 0.0458. The largest absolute Gasteiger partial charge is 0.393 e. The van der Waals surface area contributed by atoms with Gasteiger partial charge < -0.3 is 81.0 Å². The molecule has 0 radical (unpaired) electrons. The lowest BCUT2D eigenvalue weighted by molar-refractivity contribution is -0.362. The first-order valence-electron chi connectivity index (χ1n) is 19.2.